The molecule has 0 rings (SSSR count). The molecule has 9 heavy (non-hydrogen) atoms. The Bertz CT molecular complexity index is 107. The lowest BCUT2D eigenvalue weighted by atomic mass is 10.5. The predicted octanol–water partition coefficient (Wildman–Crippen LogP) is 2.56. The molecule has 0 saturated carbocycles. The molecule has 0 aliphatic rings. The third-order valence-corrected chi connectivity index (χ3v) is 0.766. The minimum Gasteiger partial charge on any atom is -0.451 e. The minimum atomic E-state index is -1.05. The van der Waals surface area contributed by atoms with Gasteiger partial charge in [-0.25, -0.2) is 4.79 Å². The van der Waals surface area contributed by atoms with Crippen LogP contribution in [0, 0.1) is 0 Å². The Labute approximate surface area is 68.0 Å². The van der Waals surface area contributed by atoms with Crippen LogP contribution in [0.2, 0.25) is 0 Å². The number of rotatable bonds is 2. The molecular formula is C4H5Cl3O2. The summed E-state index contributed by atoms with van der Waals surface area (Å²) in [5.74, 6) is 0. The van der Waals surface area contributed by atoms with Crippen LogP contribution in [0.5, 0.6) is 0 Å². The molecular weight excluding hydrogens is 186 g/mol. The maximum atomic E-state index is 9.92. The number of carbonyl (C=O) groups excluding carboxylic acids is 1. The van der Waals surface area contributed by atoms with Gasteiger partial charge in [-0.15, -0.1) is 0 Å². The highest BCUT2D eigenvalue weighted by molar-refractivity contribution is 6.61. The Balaban J connectivity index is 3.39. The van der Waals surface area contributed by atoms with Crippen LogP contribution in [0.4, 0.5) is 4.79 Å². The standard InChI is InChI=1S/C4H5Cl3O2/c1-4(6,7)2-9-3(5)8/h2H2,1H3. The van der Waals surface area contributed by atoms with Crippen molar-refractivity contribution in [3.8, 4) is 0 Å². The van der Waals surface area contributed by atoms with E-state index in [0.717, 1.165) is 0 Å². The molecule has 54 valence electrons. The smallest absolute Gasteiger partial charge is 0.403 e. The number of hydrogen-bond acceptors (Lipinski definition) is 2. The minimum absolute atomic E-state index is 0.0988. The van der Waals surface area contributed by atoms with E-state index in [1.807, 2.05) is 0 Å². The van der Waals surface area contributed by atoms with E-state index in [1.54, 1.807) is 0 Å². The van der Waals surface area contributed by atoms with E-state index in [-0.39, 0.29) is 6.61 Å². The van der Waals surface area contributed by atoms with Gasteiger partial charge in [-0.3, -0.25) is 0 Å². The van der Waals surface area contributed by atoms with E-state index < -0.39 is 9.76 Å². The van der Waals surface area contributed by atoms with E-state index in [4.69, 9.17) is 34.8 Å². The number of ether oxygens (including phenoxy) is 1. The maximum Gasteiger partial charge on any atom is 0.403 e. The van der Waals surface area contributed by atoms with E-state index in [1.165, 1.54) is 6.92 Å². The number of halogens is 3. The first-order valence-corrected chi connectivity index (χ1v) is 3.25. The first-order valence-electron chi connectivity index (χ1n) is 2.12. The van der Waals surface area contributed by atoms with Gasteiger partial charge in [0.05, 0.1) is 0 Å². The molecule has 0 aliphatic carbocycles. The van der Waals surface area contributed by atoms with Crippen LogP contribution in [0.1, 0.15) is 6.92 Å². The molecule has 0 saturated heterocycles. The van der Waals surface area contributed by atoms with E-state index in [0.29, 0.717) is 0 Å². The molecule has 0 N–H and O–H groups in total. The van der Waals surface area contributed by atoms with Gasteiger partial charge in [-0.2, -0.15) is 0 Å². The SMILES string of the molecule is CC(Cl)(Cl)COC(=O)Cl. The highest BCUT2D eigenvalue weighted by Gasteiger charge is 2.17. The van der Waals surface area contributed by atoms with Crippen LogP contribution in [-0.2, 0) is 4.74 Å². The summed E-state index contributed by atoms with van der Waals surface area (Å²) in [6.45, 7) is 1.40. The summed E-state index contributed by atoms with van der Waals surface area (Å²) in [4.78, 5) is 9.92. The molecule has 2 nitrogen and oxygen atoms in total. The third kappa shape index (κ3) is 8.34. The molecule has 0 atom stereocenters. The molecule has 0 bridgehead atoms. The Morgan fingerprint density at radius 2 is 2.11 bits per heavy atom. The zero-order valence-corrected chi connectivity index (χ0v) is 6.93. The second-order valence-corrected chi connectivity index (χ2v) is 3.77. The lowest BCUT2D eigenvalue weighted by Crippen LogP contribution is -2.16. The largest absolute Gasteiger partial charge is 0.451 e. The molecule has 5 heteroatoms. The Morgan fingerprint density at radius 3 is 2.22 bits per heavy atom. The van der Waals surface area contributed by atoms with Gasteiger partial charge in [0.25, 0.3) is 0 Å². The normalized spacial score (nSPS) is 11.1. The predicted molar refractivity (Wildman–Crippen MR) is 37.3 cm³/mol. The molecule has 0 unspecified atom stereocenters. The van der Waals surface area contributed by atoms with E-state index in [2.05, 4.69) is 4.74 Å². The number of carbonyl (C=O) groups is 1. The molecule has 0 aromatic heterocycles. The van der Waals surface area contributed by atoms with Crippen molar-refractivity contribution in [3.05, 3.63) is 0 Å². The van der Waals surface area contributed by atoms with Crippen LogP contribution in [-0.4, -0.2) is 16.4 Å². The van der Waals surface area contributed by atoms with Crippen molar-refractivity contribution in [2.45, 2.75) is 11.3 Å². The average molecular weight is 191 g/mol. The van der Waals surface area contributed by atoms with Crippen LogP contribution >= 0.6 is 34.8 Å². The summed E-state index contributed by atoms with van der Waals surface area (Å²) in [6.07, 6.45) is 0. The van der Waals surface area contributed by atoms with Crippen molar-refractivity contribution >= 4 is 40.2 Å². The maximum absolute atomic E-state index is 9.92. The molecule has 0 fully saturated rings. The Kier molecular flexibility index (Phi) is 3.63. The van der Waals surface area contributed by atoms with Gasteiger partial charge in [0.1, 0.15) is 10.9 Å². The molecule has 0 radical (unpaired) electrons. The van der Waals surface area contributed by atoms with Crippen LogP contribution in [0.15, 0.2) is 0 Å². The fourth-order valence-corrected chi connectivity index (χ4v) is 0.347. The van der Waals surface area contributed by atoms with Gasteiger partial charge < -0.3 is 4.74 Å². The fourth-order valence-electron chi connectivity index (χ4n) is 0.183. The fraction of sp³-hybridized carbons (Fsp3) is 0.750. The summed E-state index contributed by atoms with van der Waals surface area (Å²) in [6, 6.07) is 0. The average Bonchev–Trinajstić information content (AvgIpc) is 1.59. The van der Waals surface area contributed by atoms with Crippen LogP contribution < -0.4 is 0 Å². The van der Waals surface area contributed by atoms with Gasteiger partial charge in [-0.05, 0) is 6.92 Å². The van der Waals surface area contributed by atoms with Gasteiger partial charge in [0, 0.05) is 11.6 Å². The summed E-state index contributed by atoms with van der Waals surface area (Å²) in [5, 5.41) is 0. The Morgan fingerprint density at radius 1 is 1.67 bits per heavy atom. The van der Waals surface area contributed by atoms with Crippen molar-refractivity contribution in [1.29, 1.82) is 0 Å². The lowest BCUT2D eigenvalue weighted by molar-refractivity contribution is 0.171. The van der Waals surface area contributed by atoms with E-state index >= 15 is 0 Å². The quantitative estimate of drug-likeness (QED) is 0.495. The van der Waals surface area contributed by atoms with E-state index in [9.17, 15) is 4.79 Å². The topological polar surface area (TPSA) is 26.3 Å². The van der Waals surface area contributed by atoms with Gasteiger partial charge in [0.2, 0.25) is 0 Å². The van der Waals surface area contributed by atoms with Crippen LogP contribution in [0.3, 0.4) is 0 Å². The van der Waals surface area contributed by atoms with Gasteiger partial charge >= 0.3 is 5.43 Å². The highest BCUT2D eigenvalue weighted by atomic mass is 35.5. The van der Waals surface area contributed by atoms with Crippen molar-refractivity contribution in [2.24, 2.45) is 0 Å². The van der Waals surface area contributed by atoms with Crippen molar-refractivity contribution in [1.82, 2.24) is 0 Å². The summed E-state index contributed by atoms with van der Waals surface area (Å²) >= 11 is 15.6. The zero-order valence-electron chi connectivity index (χ0n) is 4.66. The van der Waals surface area contributed by atoms with Gasteiger partial charge in [0.15, 0.2) is 0 Å². The molecule has 0 aromatic rings. The second-order valence-electron chi connectivity index (χ2n) is 1.60. The second kappa shape index (κ2) is 3.49. The van der Waals surface area contributed by atoms with Crippen molar-refractivity contribution in [2.75, 3.05) is 6.61 Å². The van der Waals surface area contributed by atoms with Crippen molar-refractivity contribution < 1.29 is 9.53 Å². The third-order valence-electron chi connectivity index (χ3n) is 0.439. The first-order chi connectivity index (χ1) is 3.92. The summed E-state index contributed by atoms with van der Waals surface area (Å²) < 4.78 is 3.22. The summed E-state index contributed by atoms with van der Waals surface area (Å²) in [7, 11) is 0. The molecule has 0 amide bonds. The zero-order chi connectivity index (χ0) is 7.49. The van der Waals surface area contributed by atoms with Crippen LogP contribution in [0.25, 0.3) is 0 Å². The molecule has 0 heterocycles. The summed E-state index contributed by atoms with van der Waals surface area (Å²) in [5.41, 5.74) is -0.900. The lowest BCUT2D eigenvalue weighted by Gasteiger charge is -2.10. The van der Waals surface area contributed by atoms with Gasteiger partial charge in [-0.1, -0.05) is 23.2 Å². The molecule has 0 aromatic carbocycles. The monoisotopic (exact) mass is 190 g/mol. The number of alkyl halides is 2. The Hall–Kier alpha value is 0.340. The first kappa shape index (κ1) is 9.34. The molecule has 0 aliphatic heterocycles. The highest BCUT2D eigenvalue weighted by Crippen LogP contribution is 2.19. The van der Waals surface area contributed by atoms with Crippen molar-refractivity contribution in [3.63, 3.8) is 0 Å². The number of hydrogen-bond donors (Lipinski definition) is 0. The molecule has 0 spiro atoms.